The van der Waals surface area contributed by atoms with Crippen LogP contribution in [-0.2, 0) is 13.9 Å². The van der Waals surface area contributed by atoms with Crippen molar-refractivity contribution in [3.8, 4) is 0 Å². The van der Waals surface area contributed by atoms with Crippen LogP contribution in [0.5, 0.6) is 0 Å². The predicted molar refractivity (Wildman–Crippen MR) is 37.6 cm³/mol. The SMILES string of the molecule is O=C(O)[C@@H](OP(=O)(O)O)[C@H](O)CO. The van der Waals surface area contributed by atoms with E-state index in [0.717, 1.165) is 0 Å². The minimum atomic E-state index is -4.99. The normalized spacial score (nSPS) is 16.6. The molecule has 0 radical (unpaired) electrons. The van der Waals surface area contributed by atoms with Crippen LogP contribution >= 0.6 is 7.82 Å². The van der Waals surface area contributed by atoms with Gasteiger partial charge in [-0.25, -0.2) is 9.36 Å². The quantitative estimate of drug-likeness (QED) is 0.328. The second-order valence-corrected chi connectivity index (χ2v) is 3.30. The highest BCUT2D eigenvalue weighted by Gasteiger charge is 2.33. The third kappa shape index (κ3) is 4.94. The van der Waals surface area contributed by atoms with E-state index in [1.807, 2.05) is 0 Å². The molecule has 2 atom stereocenters. The number of carboxylic acids is 1. The molecular formula is C4H9O8P. The standard InChI is InChI=1S/C4H9O8P/c5-1-2(6)3(4(7)8)12-13(9,10)11/h2-3,5-6H,1H2,(H,7,8)(H2,9,10,11)/t2-,3+/m1/s1. The molecule has 13 heavy (non-hydrogen) atoms. The molecule has 0 fully saturated rings. The molecule has 0 aromatic rings. The molecule has 0 aliphatic carbocycles. The van der Waals surface area contributed by atoms with Crippen LogP contribution < -0.4 is 0 Å². The molecule has 0 aromatic heterocycles. The van der Waals surface area contributed by atoms with Gasteiger partial charge in [0.2, 0.25) is 0 Å². The number of phosphoric acid groups is 1. The second kappa shape index (κ2) is 4.66. The Hall–Kier alpha value is -0.500. The highest BCUT2D eigenvalue weighted by atomic mass is 31.2. The summed E-state index contributed by atoms with van der Waals surface area (Å²) in [6.45, 7) is -0.975. The van der Waals surface area contributed by atoms with Gasteiger partial charge in [-0.3, -0.25) is 4.52 Å². The summed E-state index contributed by atoms with van der Waals surface area (Å²) < 4.78 is 13.9. The monoisotopic (exact) mass is 216 g/mol. The molecule has 0 saturated heterocycles. The van der Waals surface area contributed by atoms with Gasteiger partial charge in [0.05, 0.1) is 6.61 Å². The van der Waals surface area contributed by atoms with Crippen molar-refractivity contribution in [2.24, 2.45) is 0 Å². The second-order valence-electron chi connectivity index (χ2n) is 2.10. The van der Waals surface area contributed by atoms with Crippen LogP contribution in [0, 0.1) is 0 Å². The number of aliphatic hydroxyl groups excluding tert-OH is 2. The van der Waals surface area contributed by atoms with Crippen molar-refractivity contribution in [1.82, 2.24) is 0 Å². The van der Waals surface area contributed by atoms with Crippen molar-refractivity contribution in [1.29, 1.82) is 0 Å². The van der Waals surface area contributed by atoms with Gasteiger partial charge in [-0.1, -0.05) is 0 Å². The molecule has 0 bridgehead atoms. The van der Waals surface area contributed by atoms with Crippen LogP contribution in [0.2, 0.25) is 0 Å². The summed E-state index contributed by atoms with van der Waals surface area (Å²) in [7, 11) is -4.99. The first-order chi connectivity index (χ1) is 5.78. The van der Waals surface area contributed by atoms with Gasteiger partial charge in [-0.2, -0.15) is 0 Å². The van der Waals surface area contributed by atoms with Gasteiger partial charge in [0.25, 0.3) is 0 Å². The van der Waals surface area contributed by atoms with Crippen molar-refractivity contribution >= 4 is 13.8 Å². The van der Waals surface area contributed by atoms with Crippen LogP contribution in [0.3, 0.4) is 0 Å². The van der Waals surface area contributed by atoms with E-state index < -0.39 is 32.6 Å². The van der Waals surface area contributed by atoms with Crippen LogP contribution in [0.1, 0.15) is 0 Å². The average Bonchev–Trinajstić information content (AvgIpc) is 1.96. The van der Waals surface area contributed by atoms with E-state index in [4.69, 9.17) is 25.1 Å². The van der Waals surface area contributed by atoms with E-state index in [-0.39, 0.29) is 0 Å². The average molecular weight is 216 g/mol. The lowest BCUT2D eigenvalue weighted by Crippen LogP contribution is -2.38. The topological polar surface area (TPSA) is 145 Å². The molecule has 0 aromatic carbocycles. The largest absolute Gasteiger partial charge is 0.479 e. The third-order valence-electron chi connectivity index (χ3n) is 1.03. The van der Waals surface area contributed by atoms with Crippen LogP contribution in [-0.4, -0.2) is 49.9 Å². The van der Waals surface area contributed by atoms with Gasteiger partial charge in [-0.15, -0.1) is 0 Å². The van der Waals surface area contributed by atoms with Gasteiger partial charge in [-0.05, 0) is 0 Å². The Morgan fingerprint density at radius 2 is 1.92 bits per heavy atom. The number of hydrogen-bond donors (Lipinski definition) is 5. The summed E-state index contributed by atoms with van der Waals surface area (Å²) in [5, 5.41) is 25.4. The van der Waals surface area contributed by atoms with Crippen LogP contribution in [0.25, 0.3) is 0 Å². The first-order valence-corrected chi connectivity index (χ1v) is 4.56. The molecule has 0 heterocycles. The van der Waals surface area contributed by atoms with Gasteiger partial charge < -0.3 is 25.1 Å². The van der Waals surface area contributed by atoms with E-state index in [1.54, 1.807) is 0 Å². The molecule has 0 aliphatic rings. The van der Waals surface area contributed by atoms with Crippen LogP contribution in [0.15, 0.2) is 0 Å². The minimum Gasteiger partial charge on any atom is -0.479 e. The zero-order chi connectivity index (χ0) is 10.6. The van der Waals surface area contributed by atoms with E-state index in [9.17, 15) is 9.36 Å². The molecule has 0 rings (SSSR count). The van der Waals surface area contributed by atoms with E-state index in [0.29, 0.717) is 0 Å². The van der Waals surface area contributed by atoms with Gasteiger partial charge in [0.1, 0.15) is 6.10 Å². The van der Waals surface area contributed by atoms with Crippen molar-refractivity contribution in [2.75, 3.05) is 6.61 Å². The summed E-state index contributed by atoms with van der Waals surface area (Å²) in [5.41, 5.74) is 0. The molecule has 5 N–H and O–H groups in total. The van der Waals surface area contributed by atoms with Crippen molar-refractivity contribution in [2.45, 2.75) is 12.2 Å². The fraction of sp³-hybridized carbons (Fsp3) is 0.750. The molecule has 78 valence electrons. The summed E-state index contributed by atoms with van der Waals surface area (Å²) >= 11 is 0. The summed E-state index contributed by atoms with van der Waals surface area (Å²) in [6, 6.07) is 0. The molecule has 0 aliphatic heterocycles. The summed E-state index contributed by atoms with van der Waals surface area (Å²) in [4.78, 5) is 26.7. The lowest BCUT2D eigenvalue weighted by molar-refractivity contribution is -0.153. The molecule has 9 heteroatoms. The molecule has 0 amide bonds. The van der Waals surface area contributed by atoms with Crippen molar-refractivity contribution in [3.63, 3.8) is 0 Å². The molecule has 8 nitrogen and oxygen atoms in total. The fourth-order valence-corrected chi connectivity index (χ4v) is 1.05. The lowest BCUT2D eigenvalue weighted by atomic mass is 10.2. The molecule has 0 spiro atoms. The van der Waals surface area contributed by atoms with E-state index >= 15 is 0 Å². The predicted octanol–water partition coefficient (Wildman–Crippen LogP) is -2.10. The smallest absolute Gasteiger partial charge is 0.470 e. The maximum atomic E-state index is 10.2. The summed E-state index contributed by atoms with van der Waals surface area (Å²) in [6.07, 6.45) is -4.03. The number of aliphatic hydroxyl groups is 2. The number of carbonyl (C=O) groups is 1. The highest BCUT2D eigenvalue weighted by molar-refractivity contribution is 7.46. The van der Waals surface area contributed by atoms with Gasteiger partial charge >= 0.3 is 13.8 Å². The fourth-order valence-electron chi connectivity index (χ4n) is 0.524. The first-order valence-electron chi connectivity index (χ1n) is 3.03. The lowest BCUT2D eigenvalue weighted by Gasteiger charge is -2.17. The molecule has 0 saturated carbocycles. The third-order valence-corrected chi connectivity index (χ3v) is 1.53. The van der Waals surface area contributed by atoms with Crippen LogP contribution in [0.4, 0.5) is 0 Å². The number of phosphoric ester groups is 1. The number of hydrogen-bond acceptors (Lipinski definition) is 5. The number of carboxylic acid groups (broad SMARTS) is 1. The van der Waals surface area contributed by atoms with Crippen molar-refractivity contribution in [3.05, 3.63) is 0 Å². The Kier molecular flexibility index (Phi) is 4.48. The molecular weight excluding hydrogens is 207 g/mol. The Labute approximate surface area is 72.6 Å². The van der Waals surface area contributed by atoms with Crippen molar-refractivity contribution < 1.29 is 39.0 Å². The number of aliphatic carboxylic acids is 1. The maximum absolute atomic E-state index is 10.2. The van der Waals surface area contributed by atoms with Gasteiger partial charge in [0, 0.05) is 0 Å². The van der Waals surface area contributed by atoms with E-state index in [2.05, 4.69) is 4.52 Å². The van der Waals surface area contributed by atoms with E-state index in [1.165, 1.54) is 0 Å². The zero-order valence-electron chi connectivity index (χ0n) is 6.27. The highest BCUT2D eigenvalue weighted by Crippen LogP contribution is 2.38. The zero-order valence-corrected chi connectivity index (χ0v) is 7.16. The Morgan fingerprint density at radius 3 is 2.15 bits per heavy atom. The Balaban J connectivity index is 4.45. The first kappa shape index (κ1) is 12.5. The Bertz CT molecular complexity index is 220. The summed E-state index contributed by atoms with van der Waals surface area (Å²) in [5.74, 6) is -1.77. The Morgan fingerprint density at radius 1 is 1.46 bits per heavy atom. The minimum absolute atomic E-state index is 0.975. The molecule has 0 unspecified atom stereocenters. The maximum Gasteiger partial charge on any atom is 0.470 e. The number of rotatable bonds is 5. The van der Waals surface area contributed by atoms with Gasteiger partial charge in [0.15, 0.2) is 6.10 Å².